The third-order valence-electron chi connectivity index (χ3n) is 4.79. The minimum Gasteiger partial charge on any atom is -0.335 e. The summed E-state index contributed by atoms with van der Waals surface area (Å²) in [6.07, 6.45) is 0.896. The predicted octanol–water partition coefficient (Wildman–Crippen LogP) is 3.70. The highest BCUT2D eigenvalue weighted by molar-refractivity contribution is 7.13. The molecular weight excluding hydrogens is 408 g/mol. The number of nitrogens with zero attached hydrogens (tertiary/aromatic N) is 3. The smallest absolute Gasteiger partial charge is 0.265 e. The first kappa shape index (κ1) is 21.7. The van der Waals surface area contributed by atoms with Crippen molar-refractivity contribution >= 4 is 40.4 Å². The first-order chi connectivity index (χ1) is 13.8. The Morgan fingerprint density at radius 2 is 1.90 bits per heavy atom. The second-order valence-electron chi connectivity index (χ2n) is 7.72. The Hall–Kier alpha value is -1.96. The molecule has 1 aliphatic heterocycles. The molecule has 6 nitrogen and oxygen atoms in total. The molecule has 0 atom stereocenters. The van der Waals surface area contributed by atoms with Crippen LogP contribution in [-0.2, 0) is 11.2 Å². The number of carbonyl (C=O) groups excluding carboxylic acids is 2. The van der Waals surface area contributed by atoms with Crippen LogP contribution >= 0.6 is 22.9 Å². The maximum Gasteiger partial charge on any atom is 0.265 e. The fraction of sp³-hybridized carbons (Fsp3) is 0.476. The number of hydrogen-bond acceptors (Lipinski definition) is 5. The van der Waals surface area contributed by atoms with Crippen molar-refractivity contribution in [1.29, 1.82) is 0 Å². The molecule has 0 spiro atoms. The van der Waals surface area contributed by atoms with Crippen LogP contribution in [0.5, 0.6) is 0 Å². The van der Waals surface area contributed by atoms with E-state index in [2.05, 4.69) is 29.0 Å². The molecule has 1 aliphatic rings. The van der Waals surface area contributed by atoms with E-state index < -0.39 is 0 Å². The molecular formula is C21H27ClN4O2S. The first-order valence-electron chi connectivity index (χ1n) is 9.85. The number of aromatic nitrogens is 1. The second-order valence-corrected chi connectivity index (χ2v) is 9.21. The Bertz CT molecular complexity index is 875. The van der Waals surface area contributed by atoms with Crippen molar-refractivity contribution in [2.75, 3.05) is 38.0 Å². The highest BCUT2D eigenvalue weighted by Gasteiger charge is 2.26. The number of amides is 2. The van der Waals surface area contributed by atoms with Gasteiger partial charge in [0.2, 0.25) is 5.91 Å². The van der Waals surface area contributed by atoms with E-state index in [9.17, 15) is 9.59 Å². The van der Waals surface area contributed by atoms with Crippen molar-refractivity contribution in [3.63, 3.8) is 0 Å². The molecule has 156 valence electrons. The number of aryl methyl sites for hydroxylation is 1. The van der Waals surface area contributed by atoms with Gasteiger partial charge in [-0.2, -0.15) is 0 Å². The fourth-order valence-electron chi connectivity index (χ4n) is 3.30. The number of nitrogens with one attached hydrogen (secondary N) is 1. The Labute approximate surface area is 180 Å². The summed E-state index contributed by atoms with van der Waals surface area (Å²) >= 11 is 7.60. The van der Waals surface area contributed by atoms with Gasteiger partial charge in [-0.05, 0) is 25.0 Å². The Kier molecular flexibility index (Phi) is 7.27. The SMILES string of the molecule is Cc1nc(CC(C)C)sc1C(=O)N1CCN(CC(=O)Nc2ccccc2Cl)CC1. The van der Waals surface area contributed by atoms with E-state index in [1.54, 1.807) is 12.1 Å². The number of para-hydroxylation sites is 1. The van der Waals surface area contributed by atoms with Crippen LogP contribution in [0.15, 0.2) is 24.3 Å². The van der Waals surface area contributed by atoms with E-state index in [1.165, 1.54) is 11.3 Å². The maximum absolute atomic E-state index is 12.9. The van der Waals surface area contributed by atoms with Gasteiger partial charge in [0.05, 0.1) is 28.0 Å². The molecule has 0 radical (unpaired) electrons. The number of halogens is 1. The molecule has 1 fully saturated rings. The zero-order chi connectivity index (χ0) is 21.0. The normalized spacial score (nSPS) is 15.0. The molecule has 3 rings (SSSR count). The number of carbonyl (C=O) groups is 2. The third kappa shape index (κ3) is 5.78. The van der Waals surface area contributed by atoms with Crippen LogP contribution in [0.1, 0.15) is 34.2 Å². The quantitative estimate of drug-likeness (QED) is 0.752. The van der Waals surface area contributed by atoms with Gasteiger partial charge in [0.1, 0.15) is 4.88 Å². The van der Waals surface area contributed by atoms with Crippen molar-refractivity contribution < 1.29 is 9.59 Å². The summed E-state index contributed by atoms with van der Waals surface area (Å²) in [7, 11) is 0. The molecule has 2 aromatic rings. The lowest BCUT2D eigenvalue weighted by Crippen LogP contribution is -2.50. The van der Waals surface area contributed by atoms with Gasteiger partial charge in [-0.15, -0.1) is 11.3 Å². The largest absolute Gasteiger partial charge is 0.335 e. The lowest BCUT2D eigenvalue weighted by Gasteiger charge is -2.34. The third-order valence-corrected chi connectivity index (χ3v) is 6.29. The average Bonchev–Trinajstić information content (AvgIpc) is 3.03. The predicted molar refractivity (Wildman–Crippen MR) is 118 cm³/mol. The monoisotopic (exact) mass is 434 g/mol. The number of hydrogen-bond donors (Lipinski definition) is 1. The first-order valence-corrected chi connectivity index (χ1v) is 11.0. The van der Waals surface area contributed by atoms with E-state index in [0.29, 0.717) is 42.8 Å². The van der Waals surface area contributed by atoms with E-state index in [-0.39, 0.29) is 18.4 Å². The minimum absolute atomic E-state index is 0.0511. The van der Waals surface area contributed by atoms with E-state index in [0.717, 1.165) is 22.0 Å². The average molecular weight is 435 g/mol. The highest BCUT2D eigenvalue weighted by atomic mass is 35.5. The lowest BCUT2D eigenvalue weighted by atomic mass is 10.1. The van der Waals surface area contributed by atoms with E-state index >= 15 is 0 Å². The molecule has 0 saturated carbocycles. The Morgan fingerprint density at radius 3 is 2.55 bits per heavy atom. The summed E-state index contributed by atoms with van der Waals surface area (Å²) in [6, 6.07) is 7.18. The summed E-state index contributed by atoms with van der Waals surface area (Å²) in [5, 5.41) is 4.39. The van der Waals surface area contributed by atoms with Gasteiger partial charge in [-0.25, -0.2) is 4.98 Å². The topological polar surface area (TPSA) is 65.5 Å². The zero-order valence-corrected chi connectivity index (χ0v) is 18.6. The van der Waals surface area contributed by atoms with Crippen LogP contribution in [0.4, 0.5) is 5.69 Å². The van der Waals surface area contributed by atoms with Gasteiger partial charge < -0.3 is 10.2 Å². The van der Waals surface area contributed by atoms with Crippen molar-refractivity contribution in [2.24, 2.45) is 5.92 Å². The van der Waals surface area contributed by atoms with Crippen molar-refractivity contribution in [2.45, 2.75) is 27.2 Å². The molecule has 0 bridgehead atoms. The molecule has 1 aromatic carbocycles. The van der Waals surface area contributed by atoms with Gasteiger partial charge in [0.15, 0.2) is 0 Å². The molecule has 0 unspecified atom stereocenters. The van der Waals surface area contributed by atoms with Gasteiger partial charge in [-0.1, -0.05) is 37.6 Å². The van der Waals surface area contributed by atoms with Crippen LogP contribution < -0.4 is 5.32 Å². The van der Waals surface area contributed by atoms with Gasteiger partial charge in [-0.3, -0.25) is 14.5 Å². The van der Waals surface area contributed by atoms with Gasteiger partial charge >= 0.3 is 0 Å². The van der Waals surface area contributed by atoms with E-state index in [1.807, 2.05) is 24.0 Å². The standard InChI is InChI=1S/C21H27ClN4O2S/c1-14(2)12-19-23-15(3)20(29-19)21(28)26-10-8-25(9-11-26)13-18(27)24-17-7-5-4-6-16(17)22/h4-7,14H,8-13H2,1-3H3,(H,24,27). The second kappa shape index (κ2) is 9.69. The highest BCUT2D eigenvalue weighted by Crippen LogP contribution is 2.23. The number of anilines is 1. The fourth-order valence-corrected chi connectivity index (χ4v) is 4.72. The summed E-state index contributed by atoms with van der Waals surface area (Å²) in [5.74, 6) is 0.466. The molecule has 1 N–H and O–H groups in total. The van der Waals surface area contributed by atoms with E-state index in [4.69, 9.17) is 11.6 Å². The molecule has 29 heavy (non-hydrogen) atoms. The molecule has 1 saturated heterocycles. The summed E-state index contributed by atoms with van der Waals surface area (Å²) in [6.45, 7) is 9.04. The number of benzene rings is 1. The molecule has 0 aliphatic carbocycles. The maximum atomic E-state index is 12.9. The molecule has 2 heterocycles. The molecule has 2 amide bonds. The minimum atomic E-state index is -0.102. The zero-order valence-electron chi connectivity index (χ0n) is 17.1. The van der Waals surface area contributed by atoms with Crippen LogP contribution in [-0.4, -0.2) is 59.3 Å². The molecule has 1 aromatic heterocycles. The Balaban J connectivity index is 1.51. The Morgan fingerprint density at radius 1 is 1.21 bits per heavy atom. The van der Waals surface area contributed by atoms with Crippen LogP contribution in [0.3, 0.4) is 0 Å². The van der Waals surface area contributed by atoms with Gasteiger partial charge in [0.25, 0.3) is 5.91 Å². The number of thiazole rings is 1. The summed E-state index contributed by atoms with van der Waals surface area (Å²) in [5.41, 5.74) is 1.43. The van der Waals surface area contributed by atoms with Crippen molar-refractivity contribution in [3.05, 3.63) is 44.9 Å². The van der Waals surface area contributed by atoms with Gasteiger partial charge in [0, 0.05) is 32.6 Å². The van der Waals surface area contributed by atoms with Crippen LogP contribution in [0, 0.1) is 12.8 Å². The summed E-state index contributed by atoms with van der Waals surface area (Å²) < 4.78 is 0. The molecule has 8 heteroatoms. The van der Waals surface area contributed by atoms with Crippen LogP contribution in [0.2, 0.25) is 5.02 Å². The van der Waals surface area contributed by atoms with Crippen molar-refractivity contribution in [3.8, 4) is 0 Å². The van der Waals surface area contributed by atoms with Crippen LogP contribution in [0.25, 0.3) is 0 Å². The number of piperazine rings is 1. The summed E-state index contributed by atoms with van der Waals surface area (Å²) in [4.78, 5) is 34.4. The van der Waals surface area contributed by atoms with Crippen molar-refractivity contribution in [1.82, 2.24) is 14.8 Å². The number of rotatable bonds is 6. The lowest BCUT2D eigenvalue weighted by molar-refractivity contribution is -0.117.